The second kappa shape index (κ2) is 6.50. The normalized spacial score (nSPS) is 16.4. The van der Waals surface area contributed by atoms with Crippen molar-refractivity contribution in [3.05, 3.63) is 71.0 Å². The number of carbonyl (C=O) groups is 1. The van der Waals surface area contributed by atoms with Crippen LogP contribution in [-0.2, 0) is 12.1 Å². The largest absolute Gasteiger partial charge is 0.366 e. The molecular formula is C19H21FN2O. The first-order valence-corrected chi connectivity index (χ1v) is 7.99. The highest BCUT2D eigenvalue weighted by Crippen LogP contribution is 2.39. The number of hydrogen-bond acceptors (Lipinski definition) is 2. The zero-order chi connectivity index (χ0) is 16.3. The Morgan fingerprint density at radius 3 is 2.22 bits per heavy atom. The molecule has 1 fully saturated rings. The highest BCUT2D eigenvalue weighted by molar-refractivity contribution is 5.92. The van der Waals surface area contributed by atoms with Gasteiger partial charge in [-0.1, -0.05) is 37.1 Å². The standard InChI is InChI=1S/C19H21FN2O/c20-17-9-7-16(8-10-17)19(11-1-2-12-19)22-13-14-3-5-15(6-4-14)18(21)23/h3-10,22H,1-2,11-13H2,(H2,21,23). The van der Waals surface area contributed by atoms with Crippen LogP contribution in [0.2, 0.25) is 0 Å². The molecule has 3 N–H and O–H groups in total. The monoisotopic (exact) mass is 312 g/mol. The van der Waals surface area contributed by atoms with Crippen LogP contribution in [0.25, 0.3) is 0 Å². The van der Waals surface area contributed by atoms with Crippen LogP contribution in [0.3, 0.4) is 0 Å². The smallest absolute Gasteiger partial charge is 0.248 e. The van der Waals surface area contributed by atoms with E-state index in [1.165, 1.54) is 25.0 Å². The van der Waals surface area contributed by atoms with Gasteiger partial charge in [0.2, 0.25) is 5.91 Å². The molecule has 0 saturated heterocycles. The molecule has 120 valence electrons. The number of halogens is 1. The lowest BCUT2D eigenvalue weighted by atomic mass is 9.88. The van der Waals surface area contributed by atoms with Crippen molar-refractivity contribution >= 4 is 5.91 Å². The Morgan fingerprint density at radius 1 is 1.04 bits per heavy atom. The highest BCUT2D eigenvalue weighted by Gasteiger charge is 2.34. The molecular weight excluding hydrogens is 291 g/mol. The summed E-state index contributed by atoms with van der Waals surface area (Å²) in [6.45, 7) is 0.705. The quantitative estimate of drug-likeness (QED) is 0.888. The van der Waals surface area contributed by atoms with E-state index < -0.39 is 5.91 Å². The summed E-state index contributed by atoms with van der Waals surface area (Å²) in [5.74, 6) is -0.618. The molecule has 2 aromatic carbocycles. The number of nitrogens with two attached hydrogens (primary N) is 1. The van der Waals surface area contributed by atoms with Gasteiger partial charge in [-0.05, 0) is 48.2 Å². The van der Waals surface area contributed by atoms with Crippen molar-refractivity contribution in [3.8, 4) is 0 Å². The van der Waals surface area contributed by atoms with Crippen molar-refractivity contribution in [1.82, 2.24) is 5.32 Å². The van der Waals surface area contributed by atoms with E-state index in [9.17, 15) is 9.18 Å². The molecule has 1 amide bonds. The fraction of sp³-hybridized carbons (Fsp3) is 0.316. The predicted molar refractivity (Wildman–Crippen MR) is 88.3 cm³/mol. The lowest BCUT2D eigenvalue weighted by molar-refractivity contribution is 0.100. The lowest BCUT2D eigenvalue weighted by Crippen LogP contribution is -2.39. The molecule has 23 heavy (non-hydrogen) atoms. The van der Waals surface area contributed by atoms with Crippen LogP contribution in [0.5, 0.6) is 0 Å². The van der Waals surface area contributed by atoms with Crippen molar-refractivity contribution in [2.45, 2.75) is 37.8 Å². The maximum atomic E-state index is 13.2. The molecule has 1 aliphatic rings. The van der Waals surface area contributed by atoms with Crippen molar-refractivity contribution < 1.29 is 9.18 Å². The number of hydrogen-bond donors (Lipinski definition) is 2. The second-order valence-electron chi connectivity index (χ2n) is 6.21. The third-order valence-electron chi connectivity index (χ3n) is 4.72. The van der Waals surface area contributed by atoms with E-state index >= 15 is 0 Å². The van der Waals surface area contributed by atoms with Gasteiger partial charge in [0.1, 0.15) is 5.82 Å². The predicted octanol–water partition coefficient (Wildman–Crippen LogP) is 3.48. The Morgan fingerprint density at radius 2 is 1.65 bits per heavy atom. The van der Waals surface area contributed by atoms with E-state index in [0.29, 0.717) is 12.1 Å². The molecule has 1 saturated carbocycles. The molecule has 1 aliphatic carbocycles. The van der Waals surface area contributed by atoms with Crippen LogP contribution in [-0.4, -0.2) is 5.91 Å². The Labute approximate surface area is 135 Å². The van der Waals surface area contributed by atoms with Crippen LogP contribution in [0.4, 0.5) is 4.39 Å². The average molecular weight is 312 g/mol. The summed E-state index contributed by atoms with van der Waals surface area (Å²) in [7, 11) is 0. The van der Waals surface area contributed by atoms with Crippen LogP contribution >= 0.6 is 0 Å². The van der Waals surface area contributed by atoms with E-state index in [1.54, 1.807) is 12.1 Å². The molecule has 2 aromatic rings. The summed E-state index contributed by atoms with van der Waals surface area (Å²) >= 11 is 0. The zero-order valence-electron chi connectivity index (χ0n) is 13.0. The maximum absolute atomic E-state index is 13.2. The summed E-state index contributed by atoms with van der Waals surface area (Å²) < 4.78 is 13.2. The molecule has 0 aromatic heterocycles. The van der Waals surface area contributed by atoms with E-state index in [4.69, 9.17) is 5.73 Å². The number of primary amides is 1. The first kappa shape index (κ1) is 15.7. The minimum Gasteiger partial charge on any atom is -0.366 e. The molecule has 0 heterocycles. The van der Waals surface area contributed by atoms with Crippen LogP contribution in [0, 0.1) is 5.82 Å². The van der Waals surface area contributed by atoms with Gasteiger partial charge in [0, 0.05) is 17.6 Å². The molecule has 4 heteroatoms. The molecule has 0 atom stereocenters. The fourth-order valence-corrected chi connectivity index (χ4v) is 3.37. The Kier molecular flexibility index (Phi) is 4.44. The molecule has 3 rings (SSSR count). The van der Waals surface area contributed by atoms with Crippen molar-refractivity contribution in [1.29, 1.82) is 0 Å². The van der Waals surface area contributed by atoms with Gasteiger partial charge in [-0.2, -0.15) is 0 Å². The van der Waals surface area contributed by atoms with Crippen LogP contribution in [0.1, 0.15) is 47.2 Å². The number of amides is 1. The summed E-state index contributed by atoms with van der Waals surface area (Å²) in [5, 5.41) is 3.66. The van der Waals surface area contributed by atoms with Gasteiger partial charge in [-0.3, -0.25) is 4.79 Å². The van der Waals surface area contributed by atoms with Crippen molar-refractivity contribution in [2.24, 2.45) is 5.73 Å². The first-order valence-electron chi connectivity index (χ1n) is 7.99. The number of rotatable bonds is 5. The van der Waals surface area contributed by atoms with E-state index in [2.05, 4.69) is 5.32 Å². The molecule has 0 spiro atoms. The van der Waals surface area contributed by atoms with Gasteiger partial charge in [-0.25, -0.2) is 4.39 Å². The van der Waals surface area contributed by atoms with Gasteiger partial charge in [0.15, 0.2) is 0 Å². The van der Waals surface area contributed by atoms with Gasteiger partial charge in [0.25, 0.3) is 0 Å². The summed E-state index contributed by atoms with van der Waals surface area (Å²) in [6, 6.07) is 14.1. The third-order valence-corrected chi connectivity index (χ3v) is 4.72. The molecule has 0 bridgehead atoms. The topological polar surface area (TPSA) is 55.1 Å². The third kappa shape index (κ3) is 3.42. The lowest BCUT2D eigenvalue weighted by Gasteiger charge is -2.31. The molecule has 3 nitrogen and oxygen atoms in total. The van der Waals surface area contributed by atoms with Crippen molar-refractivity contribution in [2.75, 3.05) is 0 Å². The Balaban J connectivity index is 1.75. The van der Waals surface area contributed by atoms with E-state index in [-0.39, 0.29) is 11.4 Å². The van der Waals surface area contributed by atoms with Gasteiger partial charge >= 0.3 is 0 Å². The second-order valence-corrected chi connectivity index (χ2v) is 6.21. The van der Waals surface area contributed by atoms with Crippen LogP contribution < -0.4 is 11.1 Å². The summed E-state index contributed by atoms with van der Waals surface area (Å²) in [6.07, 6.45) is 4.45. The van der Waals surface area contributed by atoms with Gasteiger partial charge < -0.3 is 11.1 Å². The highest BCUT2D eigenvalue weighted by atomic mass is 19.1. The number of carbonyl (C=O) groups excluding carboxylic acids is 1. The average Bonchev–Trinajstić information content (AvgIpc) is 3.04. The minimum atomic E-state index is -0.414. The summed E-state index contributed by atoms with van der Waals surface area (Å²) in [4.78, 5) is 11.1. The SMILES string of the molecule is NC(=O)c1ccc(CNC2(c3ccc(F)cc3)CCCC2)cc1. The van der Waals surface area contributed by atoms with Crippen molar-refractivity contribution in [3.63, 3.8) is 0 Å². The van der Waals surface area contributed by atoms with Crippen LogP contribution in [0.15, 0.2) is 48.5 Å². The minimum absolute atomic E-state index is 0.0872. The number of nitrogens with one attached hydrogen (secondary N) is 1. The van der Waals surface area contributed by atoms with Gasteiger partial charge in [-0.15, -0.1) is 0 Å². The first-order chi connectivity index (χ1) is 11.1. The summed E-state index contributed by atoms with van der Waals surface area (Å²) in [5.41, 5.74) is 7.93. The van der Waals surface area contributed by atoms with Gasteiger partial charge in [0.05, 0.1) is 0 Å². The Hall–Kier alpha value is -2.20. The number of benzene rings is 2. The maximum Gasteiger partial charge on any atom is 0.248 e. The molecule has 0 unspecified atom stereocenters. The molecule has 0 aliphatic heterocycles. The Bertz CT molecular complexity index is 674. The van der Waals surface area contributed by atoms with E-state index in [1.807, 2.05) is 24.3 Å². The molecule has 0 radical (unpaired) electrons. The van der Waals surface area contributed by atoms with E-state index in [0.717, 1.165) is 24.0 Å². The fourth-order valence-electron chi connectivity index (χ4n) is 3.37. The zero-order valence-corrected chi connectivity index (χ0v) is 13.0.